The van der Waals surface area contributed by atoms with Crippen molar-refractivity contribution in [1.82, 2.24) is 4.90 Å². The second-order valence-electron chi connectivity index (χ2n) is 4.52. The molecule has 2 nitrogen and oxygen atoms in total. The van der Waals surface area contributed by atoms with Crippen LogP contribution in [0.5, 0.6) is 0 Å². The summed E-state index contributed by atoms with van der Waals surface area (Å²) in [7, 11) is 1.42. The third kappa shape index (κ3) is 4.23. The van der Waals surface area contributed by atoms with Crippen LogP contribution in [0.15, 0.2) is 0 Å². The second-order valence-corrected chi connectivity index (χ2v) is 4.83. The van der Waals surface area contributed by atoms with Gasteiger partial charge in [-0.3, -0.25) is 4.79 Å². The molecule has 94 valence electrons. The van der Waals surface area contributed by atoms with E-state index in [1.807, 2.05) is 0 Å². The number of hydrogen-bond acceptors (Lipinski definition) is 2. The van der Waals surface area contributed by atoms with Gasteiger partial charge in [-0.1, -0.05) is 0 Å². The van der Waals surface area contributed by atoms with Crippen LogP contribution in [-0.2, 0) is 4.79 Å². The molecule has 1 aliphatic carbocycles. The topological polar surface area (TPSA) is 20.3 Å². The van der Waals surface area contributed by atoms with Crippen molar-refractivity contribution in [1.29, 1.82) is 0 Å². The second kappa shape index (κ2) is 4.85. The average molecular weight is 255 g/mol. The Morgan fingerprint density at radius 3 is 2.38 bits per heavy atom. The van der Waals surface area contributed by atoms with Gasteiger partial charge in [0.2, 0.25) is 5.91 Å². The molecule has 1 fully saturated rings. The standard InChI is InChI=1S/C10H16F3NOS/c1-14(5-4-10(11,12)13)8(15)6-9(7-16)2-3-9/h16H,2-7H2,1H3. The number of carbonyl (C=O) groups excluding carboxylic acids is 1. The Morgan fingerprint density at radius 1 is 1.44 bits per heavy atom. The fraction of sp³-hybridized carbons (Fsp3) is 0.900. The lowest BCUT2D eigenvalue weighted by atomic mass is 10.0. The third-order valence-corrected chi connectivity index (χ3v) is 3.65. The van der Waals surface area contributed by atoms with Crippen LogP contribution in [0.2, 0.25) is 0 Å². The van der Waals surface area contributed by atoms with E-state index in [2.05, 4.69) is 12.6 Å². The fourth-order valence-electron chi connectivity index (χ4n) is 1.44. The SMILES string of the molecule is CN(CCC(F)(F)F)C(=O)CC1(CS)CC1. The molecular weight excluding hydrogens is 239 g/mol. The first-order chi connectivity index (χ1) is 7.28. The van der Waals surface area contributed by atoms with Gasteiger partial charge in [-0.2, -0.15) is 25.8 Å². The van der Waals surface area contributed by atoms with Gasteiger partial charge < -0.3 is 4.90 Å². The highest BCUT2D eigenvalue weighted by atomic mass is 32.1. The maximum atomic E-state index is 11.9. The number of nitrogens with zero attached hydrogens (tertiary/aromatic N) is 1. The molecule has 0 atom stereocenters. The van der Waals surface area contributed by atoms with Crippen molar-refractivity contribution in [2.75, 3.05) is 19.3 Å². The molecule has 0 aromatic carbocycles. The molecule has 1 amide bonds. The molecule has 6 heteroatoms. The minimum Gasteiger partial charge on any atom is -0.345 e. The van der Waals surface area contributed by atoms with E-state index in [9.17, 15) is 18.0 Å². The number of thiol groups is 1. The van der Waals surface area contributed by atoms with Crippen LogP contribution in [0.4, 0.5) is 13.2 Å². The molecule has 0 saturated heterocycles. The fourth-order valence-corrected chi connectivity index (χ4v) is 1.87. The van der Waals surface area contributed by atoms with E-state index >= 15 is 0 Å². The first-order valence-electron chi connectivity index (χ1n) is 5.20. The Labute approximate surface area is 98.6 Å². The molecule has 0 heterocycles. The van der Waals surface area contributed by atoms with Crippen molar-refractivity contribution in [2.24, 2.45) is 5.41 Å². The minimum atomic E-state index is -4.20. The molecule has 0 spiro atoms. The van der Waals surface area contributed by atoms with Crippen molar-refractivity contribution in [3.8, 4) is 0 Å². The number of hydrogen-bond donors (Lipinski definition) is 1. The lowest BCUT2D eigenvalue weighted by Crippen LogP contribution is -2.32. The van der Waals surface area contributed by atoms with Crippen LogP contribution in [0, 0.1) is 5.41 Å². The Hall–Kier alpha value is -0.390. The van der Waals surface area contributed by atoms with Gasteiger partial charge in [0.05, 0.1) is 6.42 Å². The van der Waals surface area contributed by atoms with E-state index in [0.29, 0.717) is 12.2 Å². The smallest absolute Gasteiger partial charge is 0.345 e. The summed E-state index contributed by atoms with van der Waals surface area (Å²) in [4.78, 5) is 12.8. The van der Waals surface area contributed by atoms with Crippen LogP contribution in [0.1, 0.15) is 25.7 Å². The summed E-state index contributed by atoms with van der Waals surface area (Å²) in [6.07, 6.45) is -2.91. The number of carbonyl (C=O) groups is 1. The largest absolute Gasteiger partial charge is 0.390 e. The van der Waals surface area contributed by atoms with E-state index in [1.165, 1.54) is 7.05 Å². The van der Waals surface area contributed by atoms with E-state index in [-0.39, 0.29) is 17.9 Å². The summed E-state index contributed by atoms with van der Waals surface area (Å²) in [6, 6.07) is 0. The van der Waals surface area contributed by atoms with Gasteiger partial charge in [-0.05, 0) is 24.0 Å². The van der Waals surface area contributed by atoms with Gasteiger partial charge in [0.15, 0.2) is 0 Å². The lowest BCUT2D eigenvalue weighted by Gasteiger charge is -2.20. The highest BCUT2D eigenvalue weighted by Gasteiger charge is 2.43. The zero-order valence-electron chi connectivity index (χ0n) is 9.18. The quantitative estimate of drug-likeness (QED) is 0.748. The van der Waals surface area contributed by atoms with Crippen molar-refractivity contribution in [2.45, 2.75) is 31.9 Å². The molecule has 1 saturated carbocycles. The van der Waals surface area contributed by atoms with Crippen LogP contribution < -0.4 is 0 Å². The predicted octanol–water partition coefficient (Wildman–Crippen LogP) is 2.50. The molecule has 0 unspecified atom stereocenters. The zero-order chi connectivity index (χ0) is 12.4. The lowest BCUT2D eigenvalue weighted by molar-refractivity contribution is -0.144. The molecule has 1 rings (SSSR count). The predicted molar refractivity (Wildman–Crippen MR) is 58.4 cm³/mol. The monoisotopic (exact) mass is 255 g/mol. The average Bonchev–Trinajstić information content (AvgIpc) is 2.93. The summed E-state index contributed by atoms with van der Waals surface area (Å²) in [5.41, 5.74) is -0.0350. The zero-order valence-corrected chi connectivity index (χ0v) is 10.1. The molecule has 0 N–H and O–H groups in total. The van der Waals surface area contributed by atoms with Gasteiger partial charge in [0, 0.05) is 20.0 Å². The summed E-state index contributed by atoms with van der Waals surface area (Å²) in [5.74, 6) is 0.419. The maximum absolute atomic E-state index is 11.9. The number of rotatable bonds is 5. The highest BCUT2D eigenvalue weighted by molar-refractivity contribution is 7.80. The van der Waals surface area contributed by atoms with E-state index < -0.39 is 12.6 Å². The summed E-state index contributed by atoms with van der Waals surface area (Å²) < 4.78 is 35.8. The summed E-state index contributed by atoms with van der Waals surface area (Å²) in [5, 5.41) is 0. The summed E-state index contributed by atoms with van der Waals surface area (Å²) in [6.45, 7) is -0.259. The molecule has 0 aromatic heterocycles. The van der Waals surface area contributed by atoms with Gasteiger partial charge in [0.1, 0.15) is 0 Å². The Morgan fingerprint density at radius 2 is 2.00 bits per heavy atom. The van der Waals surface area contributed by atoms with E-state index in [4.69, 9.17) is 0 Å². The van der Waals surface area contributed by atoms with E-state index in [0.717, 1.165) is 17.7 Å². The maximum Gasteiger partial charge on any atom is 0.390 e. The molecule has 1 aliphatic rings. The van der Waals surface area contributed by atoms with Crippen molar-refractivity contribution >= 4 is 18.5 Å². The highest BCUT2D eigenvalue weighted by Crippen LogP contribution is 2.49. The van der Waals surface area contributed by atoms with Crippen molar-refractivity contribution in [3.63, 3.8) is 0 Å². The minimum absolute atomic E-state index is 0.0350. The van der Waals surface area contributed by atoms with Gasteiger partial charge in [0.25, 0.3) is 0 Å². The normalized spacial score (nSPS) is 18.3. The molecule has 0 aliphatic heterocycles. The number of amides is 1. The molecule has 0 aromatic rings. The van der Waals surface area contributed by atoms with Gasteiger partial charge in [-0.15, -0.1) is 0 Å². The van der Waals surface area contributed by atoms with Crippen LogP contribution in [0.3, 0.4) is 0 Å². The van der Waals surface area contributed by atoms with Gasteiger partial charge in [-0.25, -0.2) is 0 Å². The van der Waals surface area contributed by atoms with Gasteiger partial charge >= 0.3 is 6.18 Å². The molecule has 0 radical (unpaired) electrons. The first kappa shape index (κ1) is 13.7. The molecule has 0 bridgehead atoms. The molecule has 16 heavy (non-hydrogen) atoms. The van der Waals surface area contributed by atoms with Crippen LogP contribution in [-0.4, -0.2) is 36.3 Å². The third-order valence-electron chi connectivity index (χ3n) is 2.98. The first-order valence-corrected chi connectivity index (χ1v) is 5.83. The van der Waals surface area contributed by atoms with Crippen LogP contribution in [0.25, 0.3) is 0 Å². The molecular formula is C10H16F3NOS. The Bertz CT molecular complexity index is 263. The van der Waals surface area contributed by atoms with Crippen molar-refractivity contribution in [3.05, 3.63) is 0 Å². The van der Waals surface area contributed by atoms with Crippen molar-refractivity contribution < 1.29 is 18.0 Å². The van der Waals surface area contributed by atoms with E-state index in [1.54, 1.807) is 0 Å². The Kier molecular flexibility index (Phi) is 4.15. The van der Waals surface area contributed by atoms with Crippen LogP contribution >= 0.6 is 12.6 Å². The number of alkyl halides is 3. The summed E-state index contributed by atoms with van der Waals surface area (Å²) >= 11 is 4.15. The number of halogens is 3. The Balaban J connectivity index is 2.31.